The molecule has 1 heterocycles. The van der Waals surface area contributed by atoms with Gasteiger partial charge in [-0.2, -0.15) is 0 Å². The van der Waals surface area contributed by atoms with Crippen molar-refractivity contribution in [2.45, 2.75) is 39.2 Å². The Morgan fingerprint density at radius 2 is 2.00 bits per heavy atom. The highest BCUT2D eigenvalue weighted by molar-refractivity contribution is 6.21. The summed E-state index contributed by atoms with van der Waals surface area (Å²) in [4.78, 5) is 8.15. The molecule has 1 aromatic rings. The van der Waals surface area contributed by atoms with E-state index in [-0.39, 0.29) is 11.5 Å². The van der Waals surface area contributed by atoms with Crippen LogP contribution < -0.4 is 10.1 Å². The molecule has 0 bridgehead atoms. The SMILES string of the molecule is CC(C)Oc1cc(NCC(Cl)C(C)C)ncn1. The molecule has 5 heteroatoms. The van der Waals surface area contributed by atoms with Gasteiger partial charge in [-0.15, -0.1) is 11.6 Å². The molecule has 0 aliphatic carbocycles. The first-order chi connectivity index (χ1) is 7.99. The summed E-state index contributed by atoms with van der Waals surface area (Å²) in [6.45, 7) is 8.78. The zero-order valence-electron chi connectivity index (χ0n) is 10.8. The first-order valence-corrected chi connectivity index (χ1v) is 6.29. The zero-order chi connectivity index (χ0) is 12.8. The smallest absolute Gasteiger partial charge is 0.218 e. The first-order valence-electron chi connectivity index (χ1n) is 5.85. The van der Waals surface area contributed by atoms with Crippen molar-refractivity contribution in [2.24, 2.45) is 5.92 Å². The Labute approximate surface area is 108 Å². The van der Waals surface area contributed by atoms with Crippen LogP contribution in [0.15, 0.2) is 12.4 Å². The number of rotatable bonds is 6. The van der Waals surface area contributed by atoms with Crippen molar-refractivity contribution < 1.29 is 4.74 Å². The highest BCUT2D eigenvalue weighted by Gasteiger charge is 2.09. The van der Waals surface area contributed by atoms with Crippen molar-refractivity contribution in [3.8, 4) is 5.88 Å². The Morgan fingerprint density at radius 3 is 2.59 bits per heavy atom. The molecule has 0 radical (unpaired) electrons. The number of hydrogen-bond donors (Lipinski definition) is 1. The summed E-state index contributed by atoms with van der Waals surface area (Å²) < 4.78 is 5.49. The van der Waals surface area contributed by atoms with Gasteiger partial charge in [0.15, 0.2) is 0 Å². The molecule has 0 aliphatic rings. The number of ether oxygens (including phenoxy) is 1. The highest BCUT2D eigenvalue weighted by Crippen LogP contribution is 2.14. The molecule has 1 N–H and O–H groups in total. The molecule has 1 atom stereocenters. The second kappa shape index (κ2) is 6.64. The van der Waals surface area contributed by atoms with E-state index in [0.29, 0.717) is 18.3 Å². The summed E-state index contributed by atoms with van der Waals surface area (Å²) >= 11 is 6.15. The molecule has 0 amide bonds. The minimum Gasteiger partial charge on any atom is -0.475 e. The van der Waals surface area contributed by atoms with Gasteiger partial charge < -0.3 is 10.1 Å². The second-order valence-corrected chi connectivity index (χ2v) is 5.11. The van der Waals surface area contributed by atoms with Gasteiger partial charge in [-0.05, 0) is 19.8 Å². The monoisotopic (exact) mass is 257 g/mol. The molecular formula is C12H20ClN3O. The zero-order valence-corrected chi connectivity index (χ0v) is 11.5. The molecule has 96 valence electrons. The molecule has 0 spiro atoms. The van der Waals surface area contributed by atoms with Gasteiger partial charge in [0.2, 0.25) is 5.88 Å². The summed E-state index contributed by atoms with van der Waals surface area (Å²) in [7, 11) is 0. The summed E-state index contributed by atoms with van der Waals surface area (Å²) in [5.41, 5.74) is 0. The highest BCUT2D eigenvalue weighted by atomic mass is 35.5. The lowest BCUT2D eigenvalue weighted by Crippen LogP contribution is -2.20. The maximum atomic E-state index is 6.15. The van der Waals surface area contributed by atoms with Gasteiger partial charge in [0.05, 0.1) is 11.5 Å². The van der Waals surface area contributed by atoms with Crippen LogP contribution in [0.25, 0.3) is 0 Å². The molecule has 1 rings (SSSR count). The van der Waals surface area contributed by atoms with E-state index in [2.05, 4.69) is 29.1 Å². The van der Waals surface area contributed by atoms with Gasteiger partial charge in [-0.25, -0.2) is 9.97 Å². The van der Waals surface area contributed by atoms with Gasteiger partial charge in [0, 0.05) is 12.6 Å². The second-order valence-electron chi connectivity index (χ2n) is 4.55. The van der Waals surface area contributed by atoms with Crippen molar-refractivity contribution in [1.29, 1.82) is 0 Å². The minimum atomic E-state index is 0.0828. The fraction of sp³-hybridized carbons (Fsp3) is 0.667. The topological polar surface area (TPSA) is 47.0 Å². The Balaban J connectivity index is 2.54. The molecule has 1 aromatic heterocycles. The van der Waals surface area contributed by atoms with E-state index in [0.717, 1.165) is 5.82 Å². The standard InChI is InChI=1S/C12H20ClN3O/c1-8(2)10(13)6-14-11-5-12(16-7-15-11)17-9(3)4/h5,7-10H,6H2,1-4H3,(H,14,15,16). The number of alkyl halides is 1. The summed E-state index contributed by atoms with van der Waals surface area (Å²) in [5, 5.41) is 3.26. The van der Waals surface area contributed by atoms with Crippen LogP contribution in [0.4, 0.5) is 5.82 Å². The van der Waals surface area contributed by atoms with E-state index in [1.165, 1.54) is 6.33 Å². The van der Waals surface area contributed by atoms with Gasteiger partial charge >= 0.3 is 0 Å². The Bertz CT molecular complexity index is 344. The van der Waals surface area contributed by atoms with E-state index in [1.807, 2.05) is 13.8 Å². The van der Waals surface area contributed by atoms with Crippen molar-refractivity contribution in [2.75, 3.05) is 11.9 Å². The maximum Gasteiger partial charge on any atom is 0.218 e. The van der Waals surface area contributed by atoms with Crippen LogP contribution in [-0.4, -0.2) is 28.0 Å². The fourth-order valence-electron chi connectivity index (χ4n) is 1.18. The van der Waals surface area contributed by atoms with Crippen LogP contribution in [0, 0.1) is 5.92 Å². The number of anilines is 1. The third-order valence-corrected chi connectivity index (χ3v) is 2.86. The number of nitrogens with one attached hydrogen (secondary N) is 1. The van der Waals surface area contributed by atoms with Crippen LogP contribution in [0.3, 0.4) is 0 Å². The Morgan fingerprint density at radius 1 is 1.29 bits per heavy atom. The molecule has 0 fully saturated rings. The van der Waals surface area contributed by atoms with Crippen molar-refractivity contribution in [3.63, 3.8) is 0 Å². The van der Waals surface area contributed by atoms with Crippen LogP contribution in [0.1, 0.15) is 27.7 Å². The number of halogens is 1. The number of aromatic nitrogens is 2. The van der Waals surface area contributed by atoms with Crippen molar-refractivity contribution in [3.05, 3.63) is 12.4 Å². The van der Waals surface area contributed by atoms with Crippen molar-refractivity contribution in [1.82, 2.24) is 9.97 Å². The normalized spacial score (nSPS) is 12.9. The maximum absolute atomic E-state index is 6.15. The molecule has 0 aromatic carbocycles. The predicted octanol–water partition coefficient (Wildman–Crippen LogP) is 2.94. The lowest BCUT2D eigenvalue weighted by atomic mass is 10.1. The van der Waals surface area contributed by atoms with Crippen LogP contribution in [0.5, 0.6) is 5.88 Å². The van der Waals surface area contributed by atoms with E-state index in [1.54, 1.807) is 6.07 Å². The predicted molar refractivity (Wildman–Crippen MR) is 70.8 cm³/mol. The third kappa shape index (κ3) is 5.22. The average Bonchev–Trinajstić information content (AvgIpc) is 2.25. The summed E-state index contributed by atoms with van der Waals surface area (Å²) in [6.07, 6.45) is 1.59. The number of hydrogen-bond acceptors (Lipinski definition) is 4. The van der Waals surface area contributed by atoms with Crippen molar-refractivity contribution >= 4 is 17.4 Å². The molecular weight excluding hydrogens is 238 g/mol. The summed E-state index contributed by atoms with van der Waals surface area (Å²) in [6, 6.07) is 1.78. The van der Waals surface area contributed by atoms with E-state index < -0.39 is 0 Å². The molecule has 1 unspecified atom stereocenters. The van der Waals surface area contributed by atoms with Gasteiger partial charge in [-0.1, -0.05) is 13.8 Å². The minimum absolute atomic E-state index is 0.0828. The largest absolute Gasteiger partial charge is 0.475 e. The molecule has 17 heavy (non-hydrogen) atoms. The van der Waals surface area contributed by atoms with E-state index >= 15 is 0 Å². The van der Waals surface area contributed by atoms with Gasteiger partial charge in [0.25, 0.3) is 0 Å². The first kappa shape index (κ1) is 14.0. The fourth-order valence-corrected chi connectivity index (χ4v) is 1.26. The average molecular weight is 258 g/mol. The molecule has 0 saturated heterocycles. The lowest BCUT2D eigenvalue weighted by molar-refractivity contribution is 0.232. The van der Waals surface area contributed by atoms with E-state index in [9.17, 15) is 0 Å². The molecule has 0 aliphatic heterocycles. The lowest BCUT2D eigenvalue weighted by Gasteiger charge is -2.15. The Hall–Kier alpha value is -1.03. The van der Waals surface area contributed by atoms with Crippen LogP contribution in [-0.2, 0) is 0 Å². The van der Waals surface area contributed by atoms with Gasteiger partial charge in [-0.3, -0.25) is 0 Å². The quantitative estimate of drug-likeness (QED) is 0.796. The summed E-state index contributed by atoms with van der Waals surface area (Å²) in [5.74, 6) is 1.74. The van der Waals surface area contributed by atoms with Crippen LogP contribution >= 0.6 is 11.6 Å². The molecule has 0 saturated carbocycles. The Kier molecular flexibility index (Phi) is 5.48. The molecule has 4 nitrogen and oxygen atoms in total. The number of nitrogens with zero attached hydrogens (tertiary/aromatic N) is 2. The van der Waals surface area contributed by atoms with Gasteiger partial charge in [0.1, 0.15) is 12.1 Å². The van der Waals surface area contributed by atoms with Crippen LogP contribution in [0.2, 0.25) is 0 Å². The third-order valence-electron chi connectivity index (χ3n) is 2.20. The van der Waals surface area contributed by atoms with E-state index in [4.69, 9.17) is 16.3 Å².